The van der Waals surface area contributed by atoms with Crippen molar-refractivity contribution in [3.8, 4) is 0 Å². The highest BCUT2D eigenvalue weighted by Crippen LogP contribution is 2.24. The van der Waals surface area contributed by atoms with Gasteiger partial charge in [-0.2, -0.15) is 4.98 Å². The molecule has 0 saturated heterocycles. The van der Waals surface area contributed by atoms with E-state index in [0.717, 1.165) is 0 Å². The number of esters is 1. The van der Waals surface area contributed by atoms with Gasteiger partial charge in [0.25, 0.3) is 0 Å². The first-order valence-electron chi connectivity index (χ1n) is 6.66. The van der Waals surface area contributed by atoms with E-state index in [1.54, 1.807) is 6.92 Å². The predicted molar refractivity (Wildman–Crippen MR) is 68.7 cm³/mol. The van der Waals surface area contributed by atoms with Crippen LogP contribution in [0.25, 0.3) is 0 Å². The SMILES string of the molecule is CCOCCc1noc(C(C(=O)OCC)C(C)C)n1. The van der Waals surface area contributed by atoms with Gasteiger partial charge in [-0.1, -0.05) is 19.0 Å². The van der Waals surface area contributed by atoms with Crippen LogP contribution in [0.15, 0.2) is 4.52 Å². The molecule has 1 heterocycles. The summed E-state index contributed by atoms with van der Waals surface area (Å²) in [5.74, 6) is 0.0865. The zero-order valence-corrected chi connectivity index (χ0v) is 12.0. The van der Waals surface area contributed by atoms with Crippen molar-refractivity contribution < 1.29 is 18.8 Å². The molecular formula is C13H22N2O4. The van der Waals surface area contributed by atoms with Crippen molar-refractivity contribution in [2.45, 2.75) is 40.0 Å². The summed E-state index contributed by atoms with van der Waals surface area (Å²) in [6, 6.07) is 0. The van der Waals surface area contributed by atoms with E-state index in [0.29, 0.717) is 38.0 Å². The van der Waals surface area contributed by atoms with E-state index in [4.69, 9.17) is 14.0 Å². The highest BCUT2D eigenvalue weighted by Gasteiger charge is 2.31. The average molecular weight is 270 g/mol. The van der Waals surface area contributed by atoms with Crippen molar-refractivity contribution in [3.63, 3.8) is 0 Å². The smallest absolute Gasteiger partial charge is 0.318 e. The van der Waals surface area contributed by atoms with Crippen LogP contribution in [0.1, 0.15) is 45.3 Å². The molecule has 0 N–H and O–H groups in total. The third kappa shape index (κ3) is 4.63. The maximum Gasteiger partial charge on any atom is 0.318 e. The number of hydrogen-bond acceptors (Lipinski definition) is 6. The maximum atomic E-state index is 11.9. The van der Waals surface area contributed by atoms with Crippen LogP contribution in [0.2, 0.25) is 0 Å². The van der Waals surface area contributed by atoms with E-state index in [1.165, 1.54) is 0 Å². The van der Waals surface area contributed by atoms with Crippen molar-refractivity contribution in [2.24, 2.45) is 5.92 Å². The number of hydrogen-bond donors (Lipinski definition) is 0. The summed E-state index contributed by atoms with van der Waals surface area (Å²) in [7, 11) is 0. The lowest BCUT2D eigenvalue weighted by atomic mass is 9.96. The first-order valence-corrected chi connectivity index (χ1v) is 6.66. The molecular weight excluding hydrogens is 248 g/mol. The summed E-state index contributed by atoms with van der Waals surface area (Å²) in [5.41, 5.74) is 0. The molecule has 0 aliphatic heterocycles. The van der Waals surface area contributed by atoms with Crippen LogP contribution in [-0.2, 0) is 20.7 Å². The average Bonchev–Trinajstić information content (AvgIpc) is 2.78. The summed E-state index contributed by atoms with van der Waals surface area (Å²) in [5, 5.41) is 3.86. The molecule has 0 aromatic carbocycles. The Morgan fingerprint density at radius 2 is 2.05 bits per heavy atom. The first-order chi connectivity index (χ1) is 9.10. The molecule has 1 atom stereocenters. The van der Waals surface area contributed by atoms with Crippen molar-refractivity contribution in [3.05, 3.63) is 11.7 Å². The third-order valence-electron chi connectivity index (χ3n) is 2.63. The number of carbonyl (C=O) groups excluding carboxylic acids is 1. The highest BCUT2D eigenvalue weighted by molar-refractivity contribution is 5.77. The van der Waals surface area contributed by atoms with E-state index in [2.05, 4.69) is 10.1 Å². The Hall–Kier alpha value is -1.43. The largest absolute Gasteiger partial charge is 0.465 e. The van der Waals surface area contributed by atoms with E-state index in [9.17, 15) is 4.79 Å². The molecule has 0 aliphatic rings. The molecule has 0 amide bonds. The summed E-state index contributed by atoms with van der Waals surface area (Å²) in [4.78, 5) is 16.1. The minimum absolute atomic E-state index is 0.0410. The monoisotopic (exact) mass is 270 g/mol. The van der Waals surface area contributed by atoms with Crippen molar-refractivity contribution in [2.75, 3.05) is 19.8 Å². The molecule has 0 bridgehead atoms. The normalized spacial score (nSPS) is 12.7. The molecule has 1 aromatic heterocycles. The van der Waals surface area contributed by atoms with Gasteiger partial charge in [0, 0.05) is 13.0 Å². The molecule has 6 heteroatoms. The van der Waals surface area contributed by atoms with Crippen molar-refractivity contribution in [1.82, 2.24) is 10.1 Å². The van der Waals surface area contributed by atoms with Gasteiger partial charge in [-0.3, -0.25) is 4.79 Å². The lowest BCUT2D eigenvalue weighted by molar-refractivity contribution is -0.146. The van der Waals surface area contributed by atoms with Crippen LogP contribution in [0.3, 0.4) is 0 Å². The lowest BCUT2D eigenvalue weighted by Gasteiger charge is -2.14. The van der Waals surface area contributed by atoms with Crippen LogP contribution in [-0.4, -0.2) is 35.9 Å². The van der Waals surface area contributed by atoms with Gasteiger partial charge in [0.05, 0.1) is 13.2 Å². The van der Waals surface area contributed by atoms with Gasteiger partial charge in [0.1, 0.15) is 5.92 Å². The Balaban J connectivity index is 2.72. The van der Waals surface area contributed by atoms with Crippen molar-refractivity contribution in [1.29, 1.82) is 0 Å². The quantitative estimate of drug-likeness (QED) is 0.531. The van der Waals surface area contributed by atoms with Crippen molar-refractivity contribution >= 4 is 5.97 Å². The Labute approximate surface area is 113 Å². The molecule has 6 nitrogen and oxygen atoms in total. The zero-order valence-electron chi connectivity index (χ0n) is 12.0. The second-order valence-corrected chi connectivity index (χ2v) is 4.47. The molecule has 1 aromatic rings. The summed E-state index contributed by atoms with van der Waals surface area (Å²) >= 11 is 0. The molecule has 0 saturated carbocycles. The van der Waals surface area contributed by atoms with Gasteiger partial charge in [-0.05, 0) is 19.8 Å². The van der Waals surface area contributed by atoms with Gasteiger partial charge in [-0.15, -0.1) is 0 Å². The van der Waals surface area contributed by atoms with E-state index >= 15 is 0 Å². The lowest BCUT2D eigenvalue weighted by Crippen LogP contribution is -2.21. The molecule has 0 fully saturated rings. The van der Waals surface area contributed by atoms with E-state index < -0.39 is 5.92 Å². The minimum atomic E-state index is -0.506. The number of nitrogens with zero attached hydrogens (tertiary/aromatic N) is 2. The van der Waals surface area contributed by atoms with Gasteiger partial charge < -0.3 is 14.0 Å². The second kappa shape index (κ2) is 7.89. The summed E-state index contributed by atoms with van der Waals surface area (Å²) in [6.07, 6.45) is 0.574. The Morgan fingerprint density at radius 3 is 2.63 bits per heavy atom. The number of aromatic nitrogens is 2. The Kier molecular flexibility index (Phi) is 6.49. The van der Waals surface area contributed by atoms with E-state index in [1.807, 2.05) is 20.8 Å². The standard InChI is InChI=1S/C13H22N2O4/c1-5-17-8-7-10-14-12(19-15-10)11(9(3)4)13(16)18-6-2/h9,11H,5-8H2,1-4H3. The predicted octanol–water partition coefficient (Wildman–Crippen LogP) is 1.95. The van der Waals surface area contributed by atoms with Gasteiger partial charge in [0.2, 0.25) is 5.89 Å². The van der Waals surface area contributed by atoms with Crippen LogP contribution in [0, 0.1) is 5.92 Å². The molecule has 1 unspecified atom stereocenters. The topological polar surface area (TPSA) is 74.5 Å². The highest BCUT2D eigenvalue weighted by atomic mass is 16.5. The molecule has 0 aliphatic carbocycles. The summed E-state index contributed by atoms with van der Waals surface area (Å²) < 4.78 is 15.4. The van der Waals surface area contributed by atoms with Crippen LogP contribution in [0.4, 0.5) is 0 Å². The molecule has 0 radical (unpaired) electrons. The maximum absolute atomic E-state index is 11.9. The van der Waals surface area contributed by atoms with Crippen LogP contribution in [0.5, 0.6) is 0 Å². The second-order valence-electron chi connectivity index (χ2n) is 4.47. The van der Waals surface area contributed by atoms with Crippen LogP contribution < -0.4 is 0 Å². The molecule has 1 rings (SSSR count). The fraction of sp³-hybridized carbons (Fsp3) is 0.769. The molecule has 19 heavy (non-hydrogen) atoms. The van der Waals surface area contributed by atoms with Gasteiger partial charge >= 0.3 is 5.97 Å². The number of ether oxygens (including phenoxy) is 2. The first kappa shape index (κ1) is 15.6. The Bertz CT molecular complexity index is 390. The molecule has 108 valence electrons. The number of carbonyl (C=O) groups is 1. The number of rotatable bonds is 8. The van der Waals surface area contributed by atoms with Crippen LogP contribution >= 0.6 is 0 Å². The third-order valence-corrected chi connectivity index (χ3v) is 2.63. The zero-order chi connectivity index (χ0) is 14.3. The summed E-state index contributed by atoms with van der Waals surface area (Å²) in [6.45, 7) is 9.09. The minimum Gasteiger partial charge on any atom is -0.465 e. The van der Waals surface area contributed by atoms with Gasteiger partial charge in [0.15, 0.2) is 5.82 Å². The fourth-order valence-electron chi connectivity index (χ4n) is 1.69. The van der Waals surface area contributed by atoms with E-state index in [-0.39, 0.29) is 11.9 Å². The van der Waals surface area contributed by atoms with Gasteiger partial charge in [-0.25, -0.2) is 0 Å². The fourth-order valence-corrected chi connectivity index (χ4v) is 1.69. The molecule has 0 spiro atoms. The Morgan fingerprint density at radius 1 is 1.32 bits per heavy atom.